The van der Waals surface area contributed by atoms with Crippen LogP contribution in [-0.2, 0) is 6.54 Å². The van der Waals surface area contributed by atoms with E-state index in [1.807, 2.05) is 24.3 Å². The number of hydrogen-bond donors (Lipinski definition) is 0. The van der Waals surface area contributed by atoms with Crippen LogP contribution in [0.5, 0.6) is 0 Å². The number of pyridine rings is 1. The summed E-state index contributed by atoms with van der Waals surface area (Å²) in [7, 11) is 0. The molecule has 2 aromatic carbocycles. The molecular weight excluding hydrogens is 337 g/mol. The van der Waals surface area contributed by atoms with Crippen molar-refractivity contribution in [3.8, 4) is 17.3 Å². The van der Waals surface area contributed by atoms with Crippen LogP contribution in [-0.4, -0.2) is 9.55 Å². The van der Waals surface area contributed by atoms with Gasteiger partial charge >= 0.3 is 0 Å². The first-order valence-electron chi connectivity index (χ1n) is 8.78. The fraction of sp³-hybridized carbons (Fsp3) is 0.130. The molecule has 0 aliphatic heterocycles. The third-order valence-corrected chi connectivity index (χ3v) is 5.06. The highest BCUT2D eigenvalue weighted by Crippen LogP contribution is 2.33. The maximum Gasteiger partial charge on any atom is 0.123 e. The largest absolute Gasteiger partial charge is 0.338 e. The van der Waals surface area contributed by atoms with Gasteiger partial charge in [0.05, 0.1) is 22.8 Å². The molecule has 0 unspecified atom stereocenters. The Morgan fingerprint density at radius 2 is 1.85 bits per heavy atom. The van der Waals surface area contributed by atoms with Gasteiger partial charge in [0.25, 0.3) is 0 Å². The fourth-order valence-corrected chi connectivity index (χ4v) is 3.53. The van der Waals surface area contributed by atoms with Crippen molar-refractivity contribution in [1.82, 2.24) is 9.55 Å². The van der Waals surface area contributed by atoms with Crippen LogP contribution in [0.1, 0.15) is 22.4 Å². The number of rotatable bonds is 3. The van der Waals surface area contributed by atoms with Gasteiger partial charge in [0.1, 0.15) is 5.82 Å². The standard InChI is InChI=1S/C23H18FN3/c1-15-16(2)27(14-18-5-3-4-17(12-18)13-25)23-21(15)10-11-26-22(23)19-6-8-20(24)9-7-19/h3-12H,14H2,1-2H3. The third kappa shape index (κ3) is 2.98. The summed E-state index contributed by atoms with van der Waals surface area (Å²) >= 11 is 0. The summed E-state index contributed by atoms with van der Waals surface area (Å²) in [5, 5.41) is 10.3. The molecule has 0 saturated heterocycles. The summed E-state index contributed by atoms with van der Waals surface area (Å²) in [5.74, 6) is -0.262. The smallest absolute Gasteiger partial charge is 0.123 e. The lowest BCUT2D eigenvalue weighted by Crippen LogP contribution is -2.03. The van der Waals surface area contributed by atoms with Crippen LogP contribution in [0.25, 0.3) is 22.2 Å². The Labute approximate surface area is 157 Å². The zero-order valence-electron chi connectivity index (χ0n) is 15.2. The zero-order chi connectivity index (χ0) is 19.0. The Kier molecular flexibility index (Phi) is 4.21. The molecule has 0 radical (unpaired) electrons. The summed E-state index contributed by atoms with van der Waals surface area (Å²) in [6.45, 7) is 4.85. The van der Waals surface area contributed by atoms with Gasteiger partial charge in [-0.2, -0.15) is 5.26 Å². The average molecular weight is 355 g/mol. The molecule has 2 aromatic heterocycles. The summed E-state index contributed by atoms with van der Waals surface area (Å²) in [5.41, 5.74) is 6.81. The highest BCUT2D eigenvalue weighted by molar-refractivity contribution is 5.95. The Balaban J connectivity index is 1.93. The van der Waals surface area contributed by atoms with E-state index in [1.165, 1.54) is 17.7 Å². The molecule has 0 fully saturated rings. The van der Waals surface area contributed by atoms with Gasteiger partial charge in [0.2, 0.25) is 0 Å². The zero-order valence-corrected chi connectivity index (χ0v) is 15.2. The number of hydrogen-bond acceptors (Lipinski definition) is 2. The van der Waals surface area contributed by atoms with Crippen LogP contribution in [0.15, 0.2) is 60.8 Å². The molecule has 27 heavy (non-hydrogen) atoms. The Morgan fingerprint density at radius 3 is 2.59 bits per heavy atom. The molecule has 0 amide bonds. The van der Waals surface area contributed by atoms with Crippen LogP contribution in [0.3, 0.4) is 0 Å². The van der Waals surface area contributed by atoms with Crippen LogP contribution >= 0.6 is 0 Å². The molecule has 4 aromatic rings. The lowest BCUT2D eigenvalue weighted by molar-refractivity contribution is 0.628. The molecule has 0 spiro atoms. The average Bonchev–Trinajstić information content (AvgIpc) is 2.94. The van der Waals surface area contributed by atoms with E-state index in [4.69, 9.17) is 0 Å². The minimum absolute atomic E-state index is 0.262. The number of benzene rings is 2. The second-order valence-electron chi connectivity index (χ2n) is 6.67. The highest BCUT2D eigenvalue weighted by Gasteiger charge is 2.16. The van der Waals surface area contributed by atoms with E-state index >= 15 is 0 Å². The van der Waals surface area contributed by atoms with Crippen molar-refractivity contribution in [2.24, 2.45) is 0 Å². The van der Waals surface area contributed by atoms with Crippen molar-refractivity contribution in [2.45, 2.75) is 20.4 Å². The van der Waals surface area contributed by atoms with Crippen molar-refractivity contribution in [3.63, 3.8) is 0 Å². The first-order valence-corrected chi connectivity index (χ1v) is 8.78. The van der Waals surface area contributed by atoms with Crippen LogP contribution in [0, 0.1) is 31.0 Å². The molecule has 0 aliphatic carbocycles. The Bertz CT molecular complexity index is 1180. The minimum atomic E-state index is -0.262. The molecule has 0 saturated carbocycles. The van der Waals surface area contributed by atoms with E-state index in [-0.39, 0.29) is 5.82 Å². The molecule has 2 heterocycles. The second-order valence-corrected chi connectivity index (χ2v) is 6.67. The van der Waals surface area contributed by atoms with Gasteiger partial charge in [-0.3, -0.25) is 4.98 Å². The van der Waals surface area contributed by atoms with E-state index in [1.54, 1.807) is 24.4 Å². The van der Waals surface area contributed by atoms with Gasteiger partial charge in [-0.1, -0.05) is 12.1 Å². The molecule has 132 valence electrons. The maximum atomic E-state index is 13.4. The van der Waals surface area contributed by atoms with Crippen LogP contribution in [0.4, 0.5) is 4.39 Å². The molecule has 4 rings (SSSR count). The van der Waals surface area contributed by atoms with Gasteiger partial charge in [0, 0.05) is 29.4 Å². The number of nitriles is 1. The predicted octanol–water partition coefficient (Wildman–Crippen LogP) is 5.38. The van der Waals surface area contributed by atoms with Crippen molar-refractivity contribution in [1.29, 1.82) is 5.26 Å². The third-order valence-electron chi connectivity index (χ3n) is 5.06. The number of halogens is 1. The first-order chi connectivity index (χ1) is 13.1. The maximum absolute atomic E-state index is 13.4. The van der Waals surface area contributed by atoms with Crippen LogP contribution < -0.4 is 0 Å². The summed E-state index contributed by atoms with van der Waals surface area (Å²) < 4.78 is 15.6. The number of aryl methyl sites for hydroxylation is 1. The van der Waals surface area contributed by atoms with Gasteiger partial charge in [0.15, 0.2) is 0 Å². The summed E-state index contributed by atoms with van der Waals surface area (Å²) in [4.78, 5) is 4.60. The summed E-state index contributed by atoms with van der Waals surface area (Å²) in [6.07, 6.45) is 1.80. The molecule has 0 N–H and O–H groups in total. The van der Waals surface area contributed by atoms with Gasteiger partial charge in [-0.05, 0) is 67.4 Å². The van der Waals surface area contributed by atoms with Gasteiger partial charge < -0.3 is 4.57 Å². The number of aromatic nitrogens is 2. The molecule has 3 nitrogen and oxygen atoms in total. The lowest BCUT2D eigenvalue weighted by atomic mass is 10.1. The normalized spacial score (nSPS) is 10.9. The topological polar surface area (TPSA) is 41.6 Å². The fourth-order valence-electron chi connectivity index (χ4n) is 3.53. The number of nitrogens with zero attached hydrogens (tertiary/aromatic N) is 3. The van der Waals surface area contributed by atoms with E-state index in [9.17, 15) is 9.65 Å². The molecule has 0 bridgehead atoms. The molecule has 4 heteroatoms. The van der Waals surface area contributed by atoms with Crippen LogP contribution in [0.2, 0.25) is 0 Å². The SMILES string of the molecule is Cc1c(C)n(Cc2cccc(C#N)c2)c2c(-c3ccc(F)cc3)nccc12. The summed E-state index contributed by atoms with van der Waals surface area (Å²) in [6, 6.07) is 18.3. The highest BCUT2D eigenvalue weighted by atomic mass is 19.1. The number of fused-ring (bicyclic) bond motifs is 1. The molecular formula is C23H18FN3. The van der Waals surface area contributed by atoms with E-state index in [2.05, 4.69) is 29.5 Å². The van der Waals surface area contributed by atoms with Crippen molar-refractivity contribution < 1.29 is 4.39 Å². The predicted molar refractivity (Wildman–Crippen MR) is 105 cm³/mol. The monoisotopic (exact) mass is 355 g/mol. The van der Waals surface area contributed by atoms with Crippen molar-refractivity contribution in [2.75, 3.05) is 0 Å². The Morgan fingerprint density at radius 1 is 1.07 bits per heavy atom. The van der Waals surface area contributed by atoms with E-state index in [0.29, 0.717) is 12.1 Å². The van der Waals surface area contributed by atoms with Crippen molar-refractivity contribution in [3.05, 3.63) is 89.0 Å². The van der Waals surface area contributed by atoms with E-state index in [0.717, 1.165) is 33.4 Å². The van der Waals surface area contributed by atoms with Gasteiger partial charge in [-0.25, -0.2) is 4.39 Å². The second kappa shape index (κ2) is 6.69. The van der Waals surface area contributed by atoms with E-state index < -0.39 is 0 Å². The first kappa shape index (κ1) is 17.0. The quantitative estimate of drug-likeness (QED) is 0.495. The minimum Gasteiger partial charge on any atom is -0.338 e. The van der Waals surface area contributed by atoms with Gasteiger partial charge in [-0.15, -0.1) is 0 Å². The lowest BCUT2D eigenvalue weighted by Gasteiger charge is -2.12. The molecule has 0 aliphatic rings. The van der Waals surface area contributed by atoms with Crippen molar-refractivity contribution >= 4 is 10.9 Å². The molecule has 0 atom stereocenters. The Hall–Kier alpha value is -3.45.